The third-order valence-corrected chi connectivity index (χ3v) is 2.39. The van der Waals surface area contributed by atoms with Gasteiger partial charge in [-0.2, -0.15) is 5.10 Å². The molecule has 0 aliphatic heterocycles. The molecule has 0 aliphatic rings. The minimum Gasteiger partial charge on any atom is -0.453 e. The van der Waals surface area contributed by atoms with Crippen molar-refractivity contribution in [3.63, 3.8) is 0 Å². The summed E-state index contributed by atoms with van der Waals surface area (Å²) in [6.45, 7) is 1.99. The number of H-pyrrole nitrogens is 1. The smallest absolute Gasteiger partial charge is 0.412 e. The van der Waals surface area contributed by atoms with Crippen LogP contribution in [0.4, 0.5) is 10.6 Å². The van der Waals surface area contributed by atoms with E-state index in [4.69, 9.17) is 0 Å². The number of carbonyl (C=O) groups is 1. The largest absolute Gasteiger partial charge is 0.453 e. The average molecular weight is 248 g/mol. The van der Waals surface area contributed by atoms with Crippen LogP contribution in [-0.2, 0) is 11.2 Å². The number of aromatic amines is 1. The van der Waals surface area contributed by atoms with Crippen molar-refractivity contribution >= 4 is 27.8 Å². The van der Waals surface area contributed by atoms with Gasteiger partial charge in [0.1, 0.15) is 0 Å². The number of halogens is 1. The van der Waals surface area contributed by atoms with Gasteiger partial charge in [-0.1, -0.05) is 6.92 Å². The van der Waals surface area contributed by atoms with Gasteiger partial charge >= 0.3 is 6.09 Å². The fraction of sp³-hybridized carbons (Fsp3) is 0.429. The molecule has 1 aromatic heterocycles. The van der Waals surface area contributed by atoms with Crippen LogP contribution in [0.3, 0.4) is 0 Å². The molecule has 13 heavy (non-hydrogen) atoms. The second-order valence-electron chi connectivity index (χ2n) is 2.33. The van der Waals surface area contributed by atoms with Crippen LogP contribution in [0, 0.1) is 0 Å². The molecule has 0 saturated heterocycles. The molecule has 0 aliphatic carbocycles. The fourth-order valence-electron chi connectivity index (χ4n) is 0.829. The molecule has 1 aromatic rings. The molecule has 0 atom stereocenters. The summed E-state index contributed by atoms with van der Waals surface area (Å²) >= 11 is 3.31. The van der Waals surface area contributed by atoms with Gasteiger partial charge in [0.05, 0.1) is 17.3 Å². The molecule has 72 valence electrons. The zero-order valence-electron chi connectivity index (χ0n) is 7.35. The summed E-state index contributed by atoms with van der Waals surface area (Å²) in [5.41, 5.74) is 0.936. The van der Waals surface area contributed by atoms with Crippen LogP contribution < -0.4 is 5.32 Å². The number of hydrogen-bond acceptors (Lipinski definition) is 3. The molecule has 0 unspecified atom stereocenters. The van der Waals surface area contributed by atoms with Gasteiger partial charge in [0.2, 0.25) is 0 Å². The molecule has 6 heteroatoms. The first-order valence-corrected chi connectivity index (χ1v) is 4.56. The summed E-state index contributed by atoms with van der Waals surface area (Å²) in [6.07, 6.45) is 0.283. The SMILES string of the molecule is CCc1[nH]nc(NC(=O)OC)c1Br. The van der Waals surface area contributed by atoms with E-state index in [9.17, 15) is 4.79 Å². The predicted molar refractivity (Wildman–Crippen MR) is 51.7 cm³/mol. The second kappa shape index (κ2) is 4.27. The van der Waals surface area contributed by atoms with E-state index < -0.39 is 6.09 Å². The Morgan fingerprint density at radius 1 is 1.77 bits per heavy atom. The lowest BCUT2D eigenvalue weighted by Gasteiger charge is -1.99. The normalized spacial score (nSPS) is 9.77. The molecule has 0 bridgehead atoms. The summed E-state index contributed by atoms with van der Waals surface area (Å²) in [4.78, 5) is 10.8. The van der Waals surface area contributed by atoms with E-state index in [0.29, 0.717) is 5.82 Å². The summed E-state index contributed by atoms with van der Waals surface area (Å²) in [6, 6.07) is 0. The molecule has 1 heterocycles. The first-order valence-electron chi connectivity index (χ1n) is 3.76. The molecule has 0 saturated carbocycles. The Morgan fingerprint density at radius 2 is 2.46 bits per heavy atom. The van der Waals surface area contributed by atoms with Crippen molar-refractivity contribution in [2.75, 3.05) is 12.4 Å². The van der Waals surface area contributed by atoms with Crippen LogP contribution in [-0.4, -0.2) is 23.4 Å². The van der Waals surface area contributed by atoms with Crippen molar-refractivity contribution in [3.8, 4) is 0 Å². The Hall–Kier alpha value is -1.04. The van der Waals surface area contributed by atoms with Crippen LogP contribution in [0.5, 0.6) is 0 Å². The number of ether oxygens (including phenoxy) is 1. The van der Waals surface area contributed by atoms with Crippen molar-refractivity contribution in [1.29, 1.82) is 0 Å². The first kappa shape index (κ1) is 10.0. The van der Waals surface area contributed by atoms with Crippen molar-refractivity contribution in [3.05, 3.63) is 10.2 Å². The maximum absolute atomic E-state index is 10.8. The molecule has 1 rings (SSSR count). The minimum absolute atomic E-state index is 0.448. The third kappa shape index (κ3) is 2.21. The van der Waals surface area contributed by atoms with Crippen molar-refractivity contribution in [2.45, 2.75) is 13.3 Å². The highest BCUT2D eigenvalue weighted by molar-refractivity contribution is 9.10. The van der Waals surface area contributed by atoms with E-state index in [1.54, 1.807) is 0 Å². The second-order valence-corrected chi connectivity index (χ2v) is 3.13. The molecule has 2 N–H and O–H groups in total. The molecule has 0 fully saturated rings. The number of methoxy groups -OCH3 is 1. The van der Waals surface area contributed by atoms with Gasteiger partial charge in [-0.15, -0.1) is 0 Å². The van der Waals surface area contributed by atoms with Crippen LogP contribution in [0.25, 0.3) is 0 Å². The number of nitrogens with one attached hydrogen (secondary N) is 2. The quantitative estimate of drug-likeness (QED) is 0.840. The Labute approximate surface area is 84.0 Å². The molecular weight excluding hydrogens is 238 g/mol. The lowest BCUT2D eigenvalue weighted by atomic mass is 10.3. The van der Waals surface area contributed by atoms with E-state index in [-0.39, 0.29) is 0 Å². The van der Waals surface area contributed by atoms with E-state index in [0.717, 1.165) is 16.6 Å². The molecule has 0 spiro atoms. The molecule has 0 radical (unpaired) electrons. The minimum atomic E-state index is -0.533. The summed E-state index contributed by atoms with van der Waals surface area (Å²) in [5.74, 6) is 0.448. The molecular formula is C7H10BrN3O2. The highest BCUT2D eigenvalue weighted by Gasteiger charge is 2.11. The Morgan fingerprint density at radius 3 is 2.92 bits per heavy atom. The maximum atomic E-state index is 10.8. The Kier molecular flexibility index (Phi) is 3.30. The number of anilines is 1. The van der Waals surface area contributed by atoms with E-state index >= 15 is 0 Å². The number of aromatic nitrogens is 2. The van der Waals surface area contributed by atoms with Crippen LogP contribution >= 0.6 is 15.9 Å². The molecule has 5 nitrogen and oxygen atoms in total. The lowest BCUT2D eigenvalue weighted by molar-refractivity contribution is 0.187. The highest BCUT2D eigenvalue weighted by atomic mass is 79.9. The monoisotopic (exact) mass is 247 g/mol. The van der Waals surface area contributed by atoms with Crippen LogP contribution in [0.2, 0.25) is 0 Å². The van der Waals surface area contributed by atoms with Gasteiger partial charge < -0.3 is 4.74 Å². The first-order chi connectivity index (χ1) is 6.19. The zero-order valence-corrected chi connectivity index (χ0v) is 8.93. The van der Waals surface area contributed by atoms with Crippen molar-refractivity contribution < 1.29 is 9.53 Å². The van der Waals surface area contributed by atoms with Crippen LogP contribution in [0.1, 0.15) is 12.6 Å². The van der Waals surface area contributed by atoms with Gasteiger partial charge in [-0.25, -0.2) is 4.79 Å². The van der Waals surface area contributed by atoms with E-state index in [1.165, 1.54) is 7.11 Å². The number of amides is 1. The Bertz CT molecular complexity index is 311. The topological polar surface area (TPSA) is 67.0 Å². The Balaban J connectivity index is 2.78. The van der Waals surface area contributed by atoms with E-state index in [1.807, 2.05) is 6.92 Å². The molecule has 0 aromatic carbocycles. The number of aryl methyl sites for hydroxylation is 1. The third-order valence-electron chi connectivity index (χ3n) is 1.53. The van der Waals surface area contributed by atoms with Gasteiger partial charge in [0.15, 0.2) is 5.82 Å². The standard InChI is InChI=1S/C7H10BrN3O2/c1-3-4-5(8)6(11-10-4)9-7(12)13-2/h3H2,1-2H3,(H2,9,10,11,12). The van der Waals surface area contributed by atoms with Gasteiger partial charge in [0.25, 0.3) is 0 Å². The van der Waals surface area contributed by atoms with Crippen molar-refractivity contribution in [2.24, 2.45) is 0 Å². The van der Waals surface area contributed by atoms with Crippen LogP contribution in [0.15, 0.2) is 4.47 Å². The number of rotatable bonds is 2. The zero-order chi connectivity index (χ0) is 9.84. The summed E-state index contributed by atoms with van der Waals surface area (Å²) in [7, 11) is 1.30. The molecule has 1 amide bonds. The average Bonchev–Trinajstić information content (AvgIpc) is 2.48. The highest BCUT2D eigenvalue weighted by Crippen LogP contribution is 2.23. The summed E-state index contributed by atoms with van der Waals surface area (Å²) < 4.78 is 5.19. The van der Waals surface area contributed by atoms with Crippen molar-refractivity contribution in [1.82, 2.24) is 10.2 Å². The fourth-order valence-corrected chi connectivity index (χ4v) is 1.39. The van der Waals surface area contributed by atoms with Gasteiger partial charge in [-0.3, -0.25) is 10.4 Å². The van der Waals surface area contributed by atoms with Gasteiger partial charge in [0, 0.05) is 0 Å². The predicted octanol–water partition coefficient (Wildman–Crippen LogP) is 1.91. The van der Waals surface area contributed by atoms with E-state index in [2.05, 4.69) is 36.2 Å². The lowest BCUT2D eigenvalue weighted by Crippen LogP contribution is -2.11. The number of carbonyl (C=O) groups excluding carboxylic acids is 1. The number of hydrogen-bond donors (Lipinski definition) is 2. The summed E-state index contributed by atoms with van der Waals surface area (Å²) in [5, 5.41) is 9.14. The number of nitrogens with zero attached hydrogens (tertiary/aromatic N) is 1. The van der Waals surface area contributed by atoms with Gasteiger partial charge in [-0.05, 0) is 22.4 Å². The maximum Gasteiger partial charge on any atom is 0.412 e.